The lowest BCUT2D eigenvalue weighted by Gasteiger charge is -2.32. The lowest BCUT2D eigenvalue weighted by Crippen LogP contribution is -2.37. The summed E-state index contributed by atoms with van der Waals surface area (Å²) in [4.78, 5) is 0. The molecular formula is C16H31NO2. The van der Waals surface area contributed by atoms with E-state index in [0.717, 1.165) is 38.1 Å². The second kappa shape index (κ2) is 7.05. The van der Waals surface area contributed by atoms with E-state index in [1.165, 1.54) is 32.2 Å². The second-order valence-corrected chi connectivity index (χ2v) is 6.91. The van der Waals surface area contributed by atoms with Crippen molar-refractivity contribution in [1.29, 1.82) is 0 Å². The van der Waals surface area contributed by atoms with Crippen LogP contribution in [0.4, 0.5) is 0 Å². The molecule has 2 rings (SSSR count). The highest BCUT2D eigenvalue weighted by Gasteiger charge is 2.53. The van der Waals surface area contributed by atoms with Crippen molar-refractivity contribution in [3.63, 3.8) is 0 Å². The fraction of sp³-hybridized carbons (Fsp3) is 1.00. The predicted octanol–water partition coefficient (Wildman–Crippen LogP) is 2.84. The average molecular weight is 269 g/mol. The van der Waals surface area contributed by atoms with E-state index in [0.29, 0.717) is 11.5 Å². The molecule has 0 bridgehead atoms. The molecule has 0 saturated heterocycles. The highest BCUT2D eigenvalue weighted by molar-refractivity contribution is 5.04. The molecule has 2 saturated carbocycles. The SMILES string of the molecule is COCCCOCCC1(CNC(C)C)CC2CC2C1. The molecule has 0 aromatic carbocycles. The third-order valence-electron chi connectivity index (χ3n) is 4.76. The van der Waals surface area contributed by atoms with Crippen LogP contribution in [0.15, 0.2) is 0 Å². The van der Waals surface area contributed by atoms with Crippen molar-refractivity contribution in [2.75, 3.05) is 33.5 Å². The maximum Gasteiger partial charge on any atom is 0.0487 e. The van der Waals surface area contributed by atoms with Gasteiger partial charge in [-0.15, -0.1) is 0 Å². The zero-order valence-electron chi connectivity index (χ0n) is 12.9. The van der Waals surface area contributed by atoms with Gasteiger partial charge < -0.3 is 14.8 Å². The van der Waals surface area contributed by atoms with Crippen LogP contribution in [0.5, 0.6) is 0 Å². The summed E-state index contributed by atoms with van der Waals surface area (Å²) in [5, 5.41) is 3.66. The van der Waals surface area contributed by atoms with Crippen LogP contribution in [0.2, 0.25) is 0 Å². The number of rotatable bonds is 10. The normalized spacial score (nSPS) is 32.8. The standard InChI is InChI=1S/C16H31NO2/c1-13(2)17-12-16(10-14-9-15(14)11-16)5-8-19-7-4-6-18-3/h13-15,17H,4-12H2,1-3H3. The molecule has 2 atom stereocenters. The Kier molecular flexibility index (Phi) is 5.67. The zero-order chi connectivity index (χ0) is 13.7. The topological polar surface area (TPSA) is 30.5 Å². The Labute approximate surface area is 118 Å². The molecule has 0 aliphatic heterocycles. The Hall–Kier alpha value is -0.120. The molecular weight excluding hydrogens is 238 g/mol. The van der Waals surface area contributed by atoms with E-state index in [9.17, 15) is 0 Å². The van der Waals surface area contributed by atoms with Crippen LogP contribution >= 0.6 is 0 Å². The highest BCUT2D eigenvalue weighted by Crippen LogP contribution is 2.60. The Bertz CT molecular complexity index is 257. The molecule has 1 N–H and O–H groups in total. The molecule has 112 valence electrons. The van der Waals surface area contributed by atoms with Crippen LogP contribution in [-0.2, 0) is 9.47 Å². The molecule has 0 heterocycles. The van der Waals surface area contributed by atoms with Crippen molar-refractivity contribution in [3.05, 3.63) is 0 Å². The van der Waals surface area contributed by atoms with Gasteiger partial charge in [0.25, 0.3) is 0 Å². The Balaban J connectivity index is 1.66. The summed E-state index contributed by atoms with van der Waals surface area (Å²) in [6.07, 6.45) is 6.60. The third-order valence-corrected chi connectivity index (χ3v) is 4.76. The molecule has 2 aliphatic rings. The first kappa shape index (κ1) is 15.3. The Morgan fingerprint density at radius 1 is 1.16 bits per heavy atom. The molecule has 0 aromatic rings. The van der Waals surface area contributed by atoms with E-state index in [-0.39, 0.29) is 0 Å². The molecule has 0 amide bonds. The number of hydrogen-bond donors (Lipinski definition) is 1. The molecule has 3 nitrogen and oxygen atoms in total. The van der Waals surface area contributed by atoms with Gasteiger partial charge in [-0.3, -0.25) is 0 Å². The lowest BCUT2D eigenvalue weighted by molar-refractivity contribution is 0.0723. The van der Waals surface area contributed by atoms with Crippen molar-refractivity contribution in [2.24, 2.45) is 17.3 Å². The number of fused-ring (bicyclic) bond motifs is 1. The molecule has 3 heteroatoms. The summed E-state index contributed by atoms with van der Waals surface area (Å²) in [7, 11) is 1.75. The van der Waals surface area contributed by atoms with Gasteiger partial charge in [0.2, 0.25) is 0 Å². The van der Waals surface area contributed by atoms with Gasteiger partial charge in [0.15, 0.2) is 0 Å². The van der Waals surface area contributed by atoms with Crippen LogP contribution in [0.3, 0.4) is 0 Å². The molecule has 0 spiro atoms. The lowest BCUT2D eigenvalue weighted by atomic mass is 9.79. The molecule has 2 unspecified atom stereocenters. The minimum atomic E-state index is 0.527. The van der Waals surface area contributed by atoms with E-state index in [1.54, 1.807) is 7.11 Å². The van der Waals surface area contributed by atoms with Crippen molar-refractivity contribution in [1.82, 2.24) is 5.32 Å². The van der Waals surface area contributed by atoms with Crippen molar-refractivity contribution in [2.45, 2.75) is 52.0 Å². The largest absolute Gasteiger partial charge is 0.385 e. The van der Waals surface area contributed by atoms with Crippen LogP contribution in [0, 0.1) is 17.3 Å². The third kappa shape index (κ3) is 4.73. The first-order valence-corrected chi connectivity index (χ1v) is 7.95. The van der Waals surface area contributed by atoms with Crippen LogP contribution in [0.1, 0.15) is 46.0 Å². The van der Waals surface area contributed by atoms with Crippen molar-refractivity contribution < 1.29 is 9.47 Å². The highest BCUT2D eigenvalue weighted by atomic mass is 16.5. The number of hydrogen-bond acceptors (Lipinski definition) is 3. The molecule has 0 aromatic heterocycles. The van der Waals surface area contributed by atoms with E-state index in [2.05, 4.69) is 19.2 Å². The van der Waals surface area contributed by atoms with Crippen molar-refractivity contribution >= 4 is 0 Å². The van der Waals surface area contributed by atoms with E-state index in [1.807, 2.05) is 0 Å². The summed E-state index contributed by atoms with van der Waals surface area (Å²) >= 11 is 0. The average Bonchev–Trinajstić information content (AvgIpc) is 3.00. The predicted molar refractivity (Wildman–Crippen MR) is 78.3 cm³/mol. The van der Waals surface area contributed by atoms with Crippen molar-refractivity contribution in [3.8, 4) is 0 Å². The number of methoxy groups -OCH3 is 1. The quantitative estimate of drug-likeness (QED) is 0.619. The fourth-order valence-electron chi connectivity index (χ4n) is 3.56. The zero-order valence-corrected chi connectivity index (χ0v) is 12.9. The summed E-state index contributed by atoms with van der Waals surface area (Å²) in [6, 6.07) is 0.594. The maximum atomic E-state index is 5.77. The van der Waals surface area contributed by atoms with Gasteiger partial charge in [-0.25, -0.2) is 0 Å². The molecule has 0 radical (unpaired) electrons. The van der Waals surface area contributed by atoms with Gasteiger partial charge >= 0.3 is 0 Å². The molecule has 2 fully saturated rings. The van der Waals surface area contributed by atoms with Crippen LogP contribution in [-0.4, -0.2) is 39.5 Å². The summed E-state index contributed by atoms with van der Waals surface area (Å²) in [5.41, 5.74) is 0.527. The smallest absolute Gasteiger partial charge is 0.0487 e. The monoisotopic (exact) mass is 269 g/mol. The van der Waals surface area contributed by atoms with Gasteiger partial charge in [0.05, 0.1) is 0 Å². The Morgan fingerprint density at radius 2 is 1.89 bits per heavy atom. The van der Waals surface area contributed by atoms with Gasteiger partial charge in [-0.2, -0.15) is 0 Å². The van der Waals surface area contributed by atoms with Crippen LogP contribution < -0.4 is 5.32 Å². The van der Waals surface area contributed by atoms with Gasteiger partial charge in [0, 0.05) is 39.5 Å². The summed E-state index contributed by atoms with van der Waals surface area (Å²) in [5.74, 6) is 2.09. The number of ether oxygens (including phenoxy) is 2. The van der Waals surface area contributed by atoms with Gasteiger partial charge in [-0.05, 0) is 49.4 Å². The van der Waals surface area contributed by atoms with Gasteiger partial charge in [-0.1, -0.05) is 13.8 Å². The summed E-state index contributed by atoms with van der Waals surface area (Å²) in [6.45, 7) is 8.23. The maximum absolute atomic E-state index is 5.77. The molecule has 19 heavy (non-hydrogen) atoms. The Morgan fingerprint density at radius 3 is 2.53 bits per heavy atom. The fourth-order valence-corrected chi connectivity index (χ4v) is 3.56. The van der Waals surface area contributed by atoms with Crippen LogP contribution in [0.25, 0.3) is 0 Å². The minimum Gasteiger partial charge on any atom is -0.385 e. The van der Waals surface area contributed by atoms with Gasteiger partial charge in [0.1, 0.15) is 0 Å². The molecule has 2 aliphatic carbocycles. The first-order chi connectivity index (χ1) is 9.15. The first-order valence-electron chi connectivity index (χ1n) is 7.95. The summed E-state index contributed by atoms with van der Waals surface area (Å²) < 4.78 is 10.8. The van der Waals surface area contributed by atoms with E-state index in [4.69, 9.17) is 9.47 Å². The second-order valence-electron chi connectivity index (χ2n) is 6.91. The van der Waals surface area contributed by atoms with E-state index >= 15 is 0 Å². The van der Waals surface area contributed by atoms with E-state index < -0.39 is 0 Å². The minimum absolute atomic E-state index is 0.527. The number of nitrogens with one attached hydrogen (secondary N) is 1.